The van der Waals surface area contributed by atoms with Crippen molar-refractivity contribution in [3.8, 4) is 17.2 Å². The highest BCUT2D eigenvalue weighted by Crippen LogP contribution is 2.34. The summed E-state index contributed by atoms with van der Waals surface area (Å²) in [5, 5.41) is 0. The second-order valence-corrected chi connectivity index (χ2v) is 4.78. The fourth-order valence-electron chi connectivity index (χ4n) is 2.29. The van der Waals surface area contributed by atoms with Crippen molar-refractivity contribution >= 4 is 29.9 Å². The summed E-state index contributed by atoms with van der Waals surface area (Å²) in [6.45, 7) is 3.23. The Morgan fingerprint density at radius 2 is 1.70 bits per heavy atom. The molecule has 0 saturated carbocycles. The Kier molecular flexibility index (Phi) is 8.24. The summed E-state index contributed by atoms with van der Waals surface area (Å²) in [6, 6.07) is 3.61. The third-order valence-corrected chi connectivity index (χ3v) is 3.55. The number of nitrogens with zero attached hydrogens (tertiary/aromatic N) is 2. The van der Waals surface area contributed by atoms with Gasteiger partial charge in [0, 0.05) is 25.2 Å². The van der Waals surface area contributed by atoms with Crippen molar-refractivity contribution in [3.63, 3.8) is 0 Å². The van der Waals surface area contributed by atoms with Gasteiger partial charge in [-0.05, 0) is 0 Å². The second-order valence-electron chi connectivity index (χ2n) is 4.78. The molecular formula is C15H24IN3O4. The maximum atomic E-state index is 6.05. The molecule has 0 amide bonds. The Balaban J connectivity index is 0.00000264. The van der Waals surface area contributed by atoms with Gasteiger partial charge in [0.15, 0.2) is 5.96 Å². The van der Waals surface area contributed by atoms with Crippen molar-refractivity contribution < 1.29 is 18.9 Å². The summed E-state index contributed by atoms with van der Waals surface area (Å²) in [4.78, 5) is 6.46. The zero-order valence-electron chi connectivity index (χ0n) is 13.7. The van der Waals surface area contributed by atoms with E-state index in [4.69, 9.17) is 24.7 Å². The molecule has 0 spiro atoms. The van der Waals surface area contributed by atoms with Crippen molar-refractivity contribution in [2.45, 2.75) is 6.54 Å². The largest absolute Gasteiger partial charge is 0.496 e. The minimum atomic E-state index is 0. The third-order valence-electron chi connectivity index (χ3n) is 3.55. The van der Waals surface area contributed by atoms with E-state index in [1.165, 1.54) is 0 Å². The highest BCUT2D eigenvalue weighted by Gasteiger charge is 2.15. The number of guanidine groups is 1. The summed E-state index contributed by atoms with van der Waals surface area (Å²) in [5.74, 6) is 2.50. The molecule has 2 rings (SSSR count). The number of halogens is 1. The number of ether oxygens (including phenoxy) is 4. The van der Waals surface area contributed by atoms with E-state index in [9.17, 15) is 0 Å². The zero-order valence-corrected chi connectivity index (χ0v) is 16.0. The van der Waals surface area contributed by atoms with Crippen molar-refractivity contribution in [1.29, 1.82) is 0 Å². The van der Waals surface area contributed by atoms with Crippen LogP contribution in [0.1, 0.15) is 5.56 Å². The lowest BCUT2D eigenvalue weighted by Gasteiger charge is -2.27. The van der Waals surface area contributed by atoms with Gasteiger partial charge >= 0.3 is 0 Å². The molecule has 1 saturated heterocycles. The summed E-state index contributed by atoms with van der Waals surface area (Å²) in [6.07, 6.45) is 0. The van der Waals surface area contributed by atoms with Crippen molar-refractivity contribution in [1.82, 2.24) is 4.90 Å². The Bertz CT molecular complexity index is 508. The van der Waals surface area contributed by atoms with E-state index in [1.807, 2.05) is 4.90 Å². The quantitative estimate of drug-likeness (QED) is 0.427. The smallest absolute Gasteiger partial charge is 0.191 e. The summed E-state index contributed by atoms with van der Waals surface area (Å²) < 4.78 is 21.3. The van der Waals surface area contributed by atoms with Crippen LogP contribution in [0.25, 0.3) is 0 Å². The average Bonchev–Trinajstić information content (AvgIpc) is 2.59. The van der Waals surface area contributed by atoms with E-state index in [1.54, 1.807) is 33.5 Å². The molecule has 23 heavy (non-hydrogen) atoms. The molecule has 0 unspecified atom stereocenters. The van der Waals surface area contributed by atoms with E-state index in [0.717, 1.165) is 18.7 Å². The van der Waals surface area contributed by atoms with Crippen LogP contribution in [0.5, 0.6) is 17.2 Å². The minimum absolute atomic E-state index is 0. The van der Waals surface area contributed by atoms with E-state index in [0.29, 0.717) is 43.0 Å². The average molecular weight is 437 g/mol. The van der Waals surface area contributed by atoms with Crippen LogP contribution in [0.2, 0.25) is 0 Å². The lowest BCUT2D eigenvalue weighted by molar-refractivity contribution is 0.0674. The number of benzene rings is 1. The predicted molar refractivity (Wildman–Crippen MR) is 99.2 cm³/mol. The van der Waals surface area contributed by atoms with Crippen LogP contribution < -0.4 is 19.9 Å². The van der Waals surface area contributed by atoms with E-state index in [2.05, 4.69) is 4.99 Å². The normalized spacial score (nSPS) is 14.9. The van der Waals surface area contributed by atoms with E-state index in [-0.39, 0.29) is 24.0 Å². The topological polar surface area (TPSA) is 78.5 Å². The molecule has 1 aromatic rings. The fraction of sp³-hybridized carbons (Fsp3) is 0.533. The fourth-order valence-corrected chi connectivity index (χ4v) is 2.29. The van der Waals surface area contributed by atoms with Gasteiger partial charge in [-0.2, -0.15) is 0 Å². The molecule has 0 radical (unpaired) electrons. The summed E-state index contributed by atoms with van der Waals surface area (Å²) >= 11 is 0. The monoisotopic (exact) mass is 437 g/mol. The number of morpholine rings is 1. The zero-order chi connectivity index (χ0) is 15.9. The highest BCUT2D eigenvalue weighted by molar-refractivity contribution is 14.0. The Morgan fingerprint density at radius 3 is 2.17 bits per heavy atom. The van der Waals surface area contributed by atoms with Gasteiger partial charge in [0.25, 0.3) is 0 Å². The maximum absolute atomic E-state index is 6.05. The Hall–Kier alpha value is -1.42. The second kappa shape index (κ2) is 9.66. The maximum Gasteiger partial charge on any atom is 0.191 e. The van der Waals surface area contributed by atoms with Gasteiger partial charge < -0.3 is 29.6 Å². The SMILES string of the molecule is COc1cc(OC)c(CN=C(N)N2CCOCC2)c(OC)c1.I. The minimum Gasteiger partial charge on any atom is -0.496 e. The molecule has 0 bridgehead atoms. The number of rotatable bonds is 5. The van der Waals surface area contributed by atoms with Crippen LogP contribution in [0, 0.1) is 0 Å². The van der Waals surface area contributed by atoms with Crippen LogP contribution in [0.3, 0.4) is 0 Å². The van der Waals surface area contributed by atoms with Crippen molar-refractivity contribution in [3.05, 3.63) is 17.7 Å². The standard InChI is InChI=1S/C15H23N3O4.HI/c1-19-11-8-13(20-2)12(14(9-11)21-3)10-17-15(16)18-4-6-22-7-5-18;/h8-9H,4-7,10H2,1-3H3,(H2,16,17);1H. The van der Waals surface area contributed by atoms with Crippen molar-refractivity contribution in [2.24, 2.45) is 10.7 Å². The lowest BCUT2D eigenvalue weighted by atomic mass is 10.1. The molecular weight excluding hydrogens is 413 g/mol. The molecule has 130 valence electrons. The molecule has 2 N–H and O–H groups in total. The van der Waals surface area contributed by atoms with Gasteiger partial charge in [0.1, 0.15) is 17.2 Å². The molecule has 1 heterocycles. The van der Waals surface area contributed by atoms with Gasteiger partial charge in [-0.15, -0.1) is 24.0 Å². The molecule has 1 aliphatic heterocycles. The molecule has 0 atom stereocenters. The number of hydrogen-bond donors (Lipinski definition) is 1. The van der Waals surface area contributed by atoms with E-state index >= 15 is 0 Å². The predicted octanol–water partition coefficient (Wildman–Crippen LogP) is 1.48. The first-order valence-electron chi connectivity index (χ1n) is 7.11. The lowest BCUT2D eigenvalue weighted by Crippen LogP contribution is -2.44. The third kappa shape index (κ3) is 5.03. The van der Waals surface area contributed by atoms with Crippen molar-refractivity contribution in [2.75, 3.05) is 47.6 Å². The molecule has 0 aliphatic carbocycles. The first kappa shape index (κ1) is 19.6. The number of aliphatic imine (C=N–C) groups is 1. The van der Waals surface area contributed by atoms with Gasteiger partial charge in [-0.1, -0.05) is 0 Å². The molecule has 1 aliphatic rings. The Labute approximate surface area is 153 Å². The van der Waals surface area contributed by atoms with Crippen LogP contribution in [-0.4, -0.2) is 58.5 Å². The molecule has 1 aromatic carbocycles. The summed E-state index contributed by atoms with van der Waals surface area (Å²) in [7, 11) is 4.81. The van der Waals surface area contributed by atoms with Crippen LogP contribution in [0.4, 0.5) is 0 Å². The first-order valence-corrected chi connectivity index (χ1v) is 7.11. The molecule has 8 heteroatoms. The van der Waals surface area contributed by atoms with Crippen LogP contribution in [-0.2, 0) is 11.3 Å². The van der Waals surface area contributed by atoms with Gasteiger partial charge in [0.05, 0.1) is 46.7 Å². The van der Waals surface area contributed by atoms with E-state index < -0.39 is 0 Å². The van der Waals surface area contributed by atoms with Crippen LogP contribution in [0.15, 0.2) is 17.1 Å². The number of methoxy groups -OCH3 is 3. The Morgan fingerprint density at radius 1 is 1.13 bits per heavy atom. The molecule has 7 nitrogen and oxygen atoms in total. The highest BCUT2D eigenvalue weighted by atomic mass is 127. The van der Waals surface area contributed by atoms with Gasteiger partial charge in [0.2, 0.25) is 0 Å². The molecule has 1 fully saturated rings. The molecule has 0 aromatic heterocycles. The van der Waals surface area contributed by atoms with Gasteiger partial charge in [-0.25, -0.2) is 4.99 Å². The summed E-state index contributed by atoms with van der Waals surface area (Å²) in [5.41, 5.74) is 6.88. The number of nitrogens with two attached hydrogens (primary N) is 1. The first-order chi connectivity index (χ1) is 10.7. The van der Waals surface area contributed by atoms with Crippen LogP contribution >= 0.6 is 24.0 Å². The van der Waals surface area contributed by atoms with Gasteiger partial charge in [-0.3, -0.25) is 0 Å². The number of hydrogen-bond acceptors (Lipinski definition) is 5.